The number of benzene rings is 1. The Morgan fingerprint density at radius 3 is 2.30 bits per heavy atom. The van der Waals surface area contributed by atoms with E-state index in [4.69, 9.17) is 0 Å². The molecule has 0 N–H and O–H groups in total. The van der Waals surface area contributed by atoms with E-state index in [9.17, 15) is 8.42 Å². The van der Waals surface area contributed by atoms with Gasteiger partial charge in [-0.2, -0.15) is 9.40 Å². The summed E-state index contributed by atoms with van der Waals surface area (Å²) in [4.78, 5) is 0.357. The molecule has 0 radical (unpaired) electrons. The molecule has 2 heterocycles. The average Bonchev–Trinajstić information content (AvgIpc) is 2.84. The molecule has 1 aliphatic heterocycles. The van der Waals surface area contributed by atoms with Crippen LogP contribution in [-0.2, 0) is 10.0 Å². The van der Waals surface area contributed by atoms with Crippen LogP contribution in [0.5, 0.6) is 0 Å². The van der Waals surface area contributed by atoms with Gasteiger partial charge >= 0.3 is 0 Å². The maximum Gasteiger partial charge on any atom is 0.246 e. The lowest BCUT2D eigenvalue weighted by molar-refractivity contribution is 0.288. The number of piperidine rings is 1. The van der Waals surface area contributed by atoms with Gasteiger partial charge in [-0.3, -0.25) is 0 Å². The minimum Gasteiger partial charge on any atom is -0.236 e. The SMILES string of the molecule is Cc1nn(-c2ccccc2)c(C)c1S(=O)(=O)N1CCC(C)CC1. The van der Waals surface area contributed by atoms with Crippen molar-refractivity contribution in [1.82, 2.24) is 14.1 Å². The summed E-state index contributed by atoms with van der Waals surface area (Å²) in [6.45, 7) is 6.96. The zero-order chi connectivity index (χ0) is 16.6. The van der Waals surface area contributed by atoms with Crippen molar-refractivity contribution in [2.75, 3.05) is 13.1 Å². The first-order chi connectivity index (χ1) is 10.9. The van der Waals surface area contributed by atoms with Crippen LogP contribution in [-0.4, -0.2) is 35.6 Å². The molecule has 1 fully saturated rings. The lowest BCUT2D eigenvalue weighted by atomic mass is 10.0. The van der Waals surface area contributed by atoms with Crippen LogP contribution in [0.25, 0.3) is 5.69 Å². The van der Waals surface area contributed by atoms with Crippen molar-refractivity contribution in [3.05, 3.63) is 41.7 Å². The number of nitrogens with zero attached hydrogens (tertiary/aromatic N) is 3. The van der Waals surface area contributed by atoms with Gasteiger partial charge in [-0.15, -0.1) is 0 Å². The maximum absolute atomic E-state index is 13.1. The highest BCUT2D eigenvalue weighted by Gasteiger charge is 2.33. The fraction of sp³-hybridized carbons (Fsp3) is 0.471. The molecule has 1 saturated heterocycles. The molecule has 0 saturated carbocycles. The quantitative estimate of drug-likeness (QED) is 0.868. The van der Waals surface area contributed by atoms with E-state index in [-0.39, 0.29) is 0 Å². The van der Waals surface area contributed by atoms with Crippen molar-refractivity contribution in [3.8, 4) is 5.69 Å². The van der Waals surface area contributed by atoms with E-state index in [0.29, 0.717) is 35.3 Å². The first-order valence-corrected chi connectivity index (χ1v) is 9.47. The maximum atomic E-state index is 13.1. The smallest absolute Gasteiger partial charge is 0.236 e. The zero-order valence-electron chi connectivity index (χ0n) is 13.9. The third-order valence-corrected chi connectivity index (χ3v) is 6.72. The highest BCUT2D eigenvalue weighted by atomic mass is 32.2. The van der Waals surface area contributed by atoms with Gasteiger partial charge in [0.1, 0.15) is 4.90 Å². The van der Waals surface area contributed by atoms with Gasteiger partial charge < -0.3 is 0 Å². The highest BCUT2D eigenvalue weighted by Crippen LogP contribution is 2.28. The Kier molecular flexibility index (Phi) is 4.29. The van der Waals surface area contributed by atoms with Crippen LogP contribution < -0.4 is 0 Å². The molecule has 1 aromatic heterocycles. The third kappa shape index (κ3) is 2.93. The van der Waals surface area contributed by atoms with Crippen molar-refractivity contribution >= 4 is 10.0 Å². The second-order valence-electron chi connectivity index (χ2n) is 6.33. The molecule has 5 nitrogen and oxygen atoms in total. The van der Waals surface area contributed by atoms with E-state index in [1.807, 2.05) is 37.3 Å². The third-order valence-electron chi connectivity index (χ3n) is 4.57. The highest BCUT2D eigenvalue weighted by molar-refractivity contribution is 7.89. The Hall–Kier alpha value is -1.66. The molecule has 0 amide bonds. The van der Waals surface area contributed by atoms with Gasteiger partial charge in [-0.25, -0.2) is 13.1 Å². The van der Waals surface area contributed by atoms with E-state index in [2.05, 4.69) is 12.0 Å². The summed E-state index contributed by atoms with van der Waals surface area (Å²) in [5.41, 5.74) is 2.11. The molecule has 6 heteroatoms. The number of aryl methyl sites for hydroxylation is 1. The Bertz CT molecular complexity index is 789. The standard InChI is InChI=1S/C17H23N3O2S/c1-13-9-11-19(12-10-13)23(21,22)17-14(2)18-20(15(17)3)16-7-5-4-6-8-16/h4-8,13H,9-12H2,1-3H3. The molecule has 0 bridgehead atoms. The van der Waals surface area contributed by atoms with Gasteiger partial charge in [0.25, 0.3) is 0 Å². The number of sulfonamides is 1. The van der Waals surface area contributed by atoms with Gasteiger partial charge in [0.15, 0.2) is 0 Å². The fourth-order valence-electron chi connectivity index (χ4n) is 3.18. The molecule has 3 rings (SSSR count). The van der Waals surface area contributed by atoms with Gasteiger partial charge in [-0.05, 0) is 44.7 Å². The van der Waals surface area contributed by atoms with Crippen molar-refractivity contribution in [2.24, 2.45) is 5.92 Å². The Labute approximate surface area is 138 Å². The summed E-state index contributed by atoms with van der Waals surface area (Å²) in [7, 11) is -3.48. The van der Waals surface area contributed by atoms with Gasteiger partial charge in [0, 0.05) is 13.1 Å². The van der Waals surface area contributed by atoms with Crippen molar-refractivity contribution < 1.29 is 8.42 Å². The van der Waals surface area contributed by atoms with E-state index in [1.165, 1.54) is 0 Å². The molecule has 0 unspecified atom stereocenters. The summed E-state index contributed by atoms with van der Waals surface area (Å²) in [6.07, 6.45) is 1.84. The Morgan fingerprint density at radius 2 is 1.70 bits per heavy atom. The second-order valence-corrected chi connectivity index (χ2v) is 8.21. The number of aromatic nitrogens is 2. The monoisotopic (exact) mass is 333 g/mol. The Balaban J connectivity index is 2.02. The first kappa shape index (κ1) is 16.2. The largest absolute Gasteiger partial charge is 0.246 e. The Morgan fingerprint density at radius 1 is 1.09 bits per heavy atom. The van der Waals surface area contributed by atoms with Crippen LogP contribution in [0.3, 0.4) is 0 Å². The fourth-order valence-corrected chi connectivity index (χ4v) is 5.00. The van der Waals surface area contributed by atoms with Crippen molar-refractivity contribution in [2.45, 2.75) is 38.5 Å². The minimum absolute atomic E-state index is 0.357. The van der Waals surface area contributed by atoms with Crippen LogP contribution in [0, 0.1) is 19.8 Å². The average molecular weight is 333 g/mol. The molecule has 1 aromatic carbocycles. The van der Waals surface area contributed by atoms with Crippen LogP contribution in [0.1, 0.15) is 31.2 Å². The lowest BCUT2D eigenvalue weighted by Crippen LogP contribution is -2.38. The van der Waals surface area contributed by atoms with Crippen molar-refractivity contribution in [3.63, 3.8) is 0 Å². The van der Waals surface area contributed by atoms with Gasteiger partial charge in [-0.1, -0.05) is 25.1 Å². The predicted octanol–water partition coefficient (Wildman–Crippen LogP) is 2.91. The molecule has 2 aromatic rings. The summed E-state index contributed by atoms with van der Waals surface area (Å²) in [6, 6.07) is 9.64. The molecule has 1 aliphatic rings. The molecule has 23 heavy (non-hydrogen) atoms. The summed E-state index contributed by atoms with van der Waals surface area (Å²) in [5.74, 6) is 0.593. The van der Waals surface area contributed by atoms with E-state index >= 15 is 0 Å². The number of rotatable bonds is 3. The van der Waals surface area contributed by atoms with Gasteiger partial charge in [0.05, 0.1) is 17.1 Å². The molecule has 0 atom stereocenters. The van der Waals surface area contributed by atoms with Crippen LogP contribution in [0.2, 0.25) is 0 Å². The molecular weight excluding hydrogens is 310 g/mol. The topological polar surface area (TPSA) is 55.2 Å². The van der Waals surface area contributed by atoms with E-state index in [1.54, 1.807) is 15.9 Å². The van der Waals surface area contributed by atoms with Gasteiger partial charge in [0.2, 0.25) is 10.0 Å². The van der Waals surface area contributed by atoms with Crippen molar-refractivity contribution in [1.29, 1.82) is 0 Å². The minimum atomic E-state index is -3.48. The van der Waals surface area contributed by atoms with E-state index < -0.39 is 10.0 Å². The summed E-state index contributed by atoms with van der Waals surface area (Å²) < 4.78 is 29.4. The van der Waals surface area contributed by atoms with E-state index in [0.717, 1.165) is 18.5 Å². The number of para-hydroxylation sites is 1. The molecule has 0 aliphatic carbocycles. The van der Waals surface area contributed by atoms with Crippen LogP contribution >= 0.6 is 0 Å². The molecule has 0 spiro atoms. The number of hydrogen-bond acceptors (Lipinski definition) is 3. The lowest BCUT2D eigenvalue weighted by Gasteiger charge is -2.29. The number of hydrogen-bond donors (Lipinski definition) is 0. The van der Waals surface area contributed by atoms with Crippen LogP contribution in [0.4, 0.5) is 0 Å². The summed E-state index contributed by atoms with van der Waals surface area (Å²) in [5, 5.41) is 4.47. The molecule has 124 valence electrons. The second kappa shape index (κ2) is 6.09. The first-order valence-electron chi connectivity index (χ1n) is 8.03. The predicted molar refractivity (Wildman–Crippen MR) is 90.2 cm³/mol. The normalized spacial score (nSPS) is 17.5. The zero-order valence-corrected chi connectivity index (χ0v) is 14.7. The molecular formula is C17H23N3O2S. The van der Waals surface area contributed by atoms with Crippen LogP contribution in [0.15, 0.2) is 35.2 Å². The summed E-state index contributed by atoms with van der Waals surface area (Å²) >= 11 is 0.